The second-order valence-electron chi connectivity index (χ2n) is 5.98. The molecule has 4 heteroatoms. The van der Waals surface area contributed by atoms with E-state index in [0.717, 1.165) is 42.9 Å². The molecule has 0 amide bonds. The van der Waals surface area contributed by atoms with Gasteiger partial charge in [-0.05, 0) is 59.5 Å². The summed E-state index contributed by atoms with van der Waals surface area (Å²) in [7, 11) is 0. The third kappa shape index (κ3) is 4.05. The first-order chi connectivity index (χ1) is 9.06. The first-order valence-electron chi connectivity index (χ1n) is 7.44. The molecule has 1 atom stereocenters. The zero-order chi connectivity index (χ0) is 13.8. The lowest BCUT2D eigenvalue weighted by molar-refractivity contribution is 0.150. The molecule has 1 unspecified atom stereocenters. The first-order valence-corrected chi connectivity index (χ1v) is 7.44. The predicted molar refractivity (Wildman–Crippen MR) is 77.1 cm³/mol. The summed E-state index contributed by atoms with van der Waals surface area (Å²) in [6.45, 7) is 12.8. The molecule has 1 saturated heterocycles. The van der Waals surface area contributed by atoms with Gasteiger partial charge in [0.25, 0.3) is 0 Å². The van der Waals surface area contributed by atoms with E-state index >= 15 is 0 Å². The van der Waals surface area contributed by atoms with Crippen molar-refractivity contribution in [3.63, 3.8) is 0 Å². The van der Waals surface area contributed by atoms with Crippen LogP contribution in [0.25, 0.3) is 0 Å². The SMILES string of the molecule is Cc1nc(CN(CC2CCCNC2)C(C)C)oc1C. The van der Waals surface area contributed by atoms with E-state index in [4.69, 9.17) is 4.42 Å². The van der Waals surface area contributed by atoms with Crippen LogP contribution in [0, 0.1) is 19.8 Å². The Morgan fingerprint density at radius 1 is 1.42 bits per heavy atom. The lowest BCUT2D eigenvalue weighted by Crippen LogP contribution is -2.40. The topological polar surface area (TPSA) is 41.3 Å². The monoisotopic (exact) mass is 265 g/mol. The van der Waals surface area contributed by atoms with Crippen molar-refractivity contribution < 1.29 is 4.42 Å². The van der Waals surface area contributed by atoms with Gasteiger partial charge in [-0.15, -0.1) is 0 Å². The molecule has 108 valence electrons. The summed E-state index contributed by atoms with van der Waals surface area (Å²) in [4.78, 5) is 6.98. The van der Waals surface area contributed by atoms with Gasteiger partial charge in [0.2, 0.25) is 5.89 Å². The van der Waals surface area contributed by atoms with Crippen LogP contribution in [0.4, 0.5) is 0 Å². The highest BCUT2D eigenvalue weighted by atomic mass is 16.4. The highest BCUT2D eigenvalue weighted by molar-refractivity contribution is 5.05. The minimum Gasteiger partial charge on any atom is -0.444 e. The molecular weight excluding hydrogens is 238 g/mol. The molecule has 0 aliphatic carbocycles. The Balaban J connectivity index is 1.95. The van der Waals surface area contributed by atoms with Gasteiger partial charge in [0.05, 0.1) is 12.2 Å². The standard InChI is InChI=1S/C15H27N3O/c1-11(2)18(9-14-6-5-7-16-8-14)10-15-17-12(3)13(4)19-15/h11,14,16H,5-10H2,1-4H3. The number of aromatic nitrogens is 1. The van der Waals surface area contributed by atoms with E-state index in [1.54, 1.807) is 0 Å². The molecule has 19 heavy (non-hydrogen) atoms. The second kappa shape index (κ2) is 6.53. The molecule has 0 spiro atoms. The molecule has 1 aliphatic rings. The number of rotatable bonds is 5. The summed E-state index contributed by atoms with van der Waals surface area (Å²) in [5.74, 6) is 2.55. The third-order valence-electron chi connectivity index (χ3n) is 4.03. The van der Waals surface area contributed by atoms with E-state index in [1.165, 1.54) is 19.4 Å². The van der Waals surface area contributed by atoms with Crippen molar-refractivity contribution in [1.29, 1.82) is 0 Å². The highest BCUT2D eigenvalue weighted by Crippen LogP contribution is 2.17. The zero-order valence-electron chi connectivity index (χ0n) is 12.7. The molecule has 0 aromatic carbocycles. The first kappa shape index (κ1) is 14.5. The Morgan fingerprint density at radius 3 is 2.74 bits per heavy atom. The van der Waals surface area contributed by atoms with Crippen LogP contribution in [0.2, 0.25) is 0 Å². The average Bonchev–Trinajstić information content (AvgIpc) is 2.69. The van der Waals surface area contributed by atoms with E-state index in [2.05, 4.69) is 29.0 Å². The molecule has 0 radical (unpaired) electrons. The van der Waals surface area contributed by atoms with Crippen molar-refractivity contribution >= 4 is 0 Å². The maximum absolute atomic E-state index is 5.72. The van der Waals surface area contributed by atoms with Gasteiger partial charge in [-0.25, -0.2) is 4.98 Å². The summed E-state index contributed by atoms with van der Waals surface area (Å²) >= 11 is 0. The van der Waals surface area contributed by atoms with Crippen LogP contribution < -0.4 is 5.32 Å². The Kier molecular flexibility index (Phi) is 4.99. The number of hydrogen-bond acceptors (Lipinski definition) is 4. The summed E-state index contributed by atoms with van der Waals surface area (Å²) in [5.41, 5.74) is 1.01. The molecule has 0 bridgehead atoms. The van der Waals surface area contributed by atoms with Gasteiger partial charge in [0.15, 0.2) is 0 Å². The Labute approximate surface area is 116 Å². The minimum atomic E-state index is 0.523. The summed E-state index contributed by atoms with van der Waals surface area (Å²) in [6, 6.07) is 0.523. The maximum atomic E-state index is 5.72. The number of piperidine rings is 1. The fourth-order valence-corrected chi connectivity index (χ4v) is 2.65. The molecule has 2 heterocycles. The molecule has 1 aromatic rings. The van der Waals surface area contributed by atoms with Crippen LogP contribution in [0.1, 0.15) is 44.0 Å². The normalized spacial score (nSPS) is 20.4. The van der Waals surface area contributed by atoms with E-state index < -0.39 is 0 Å². The van der Waals surface area contributed by atoms with Gasteiger partial charge in [-0.2, -0.15) is 0 Å². The van der Waals surface area contributed by atoms with Gasteiger partial charge in [-0.1, -0.05) is 0 Å². The second-order valence-corrected chi connectivity index (χ2v) is 5.98. The number of aryl methyl sites for hydroxylation is 2. The van der Waals surface area contributed by atoms with Gasteiger partial charge < -0.3 is 9.73 Å². The van der Waals surface area contributed by atoms with E-state index in [9.17, 15) is 0 Å². The Hall–Kier alpha value is -0.870. The molecule has 1 aliphatic heterocycles. The van der Waals surface area contributed by atoms with Crippen LogP contribution in [0.3, 0.4) is 0 Å². The van der Waals surface area contributed by atoms with Gasteiger partial charge in [-0.3, -0.25) is 4.90 Å². The van der Waals surface area contributed by atoms with Crippen molar-refractivity contribution in [2.24, 2.45) is 5.92 Å². The van der Waals surface area contributed by atoms with Crippen LogP contribution in [0.5, 0.6) is 0 Å². The lowest BCUT2D eigenvalue weighted by Gasteiger charge is -2.31. The van der Waals surface area contributed by atoms with Gasteiger partial charge in [0, 0.05) is 12.6 Å². The highest BCUT2D eigenvalue weighted by Gasteiger charge is 2.20. The smallest absolute Gasteiger partial charge is 0.208 e. The lowest BCUT2D eigenvalue weighted by atomic mass is 9.98. The third-order valence-corrected chi connectivity index (χ3v) is 4.03. The molecule has 1 N–H and O–H groups in total. The van der Waals surface area contributed by atoms with Crippen molar-refractivity contribution in [2.75, 3.05) is 19.6 Å². The molecular formula is C15H27N3O. The van der Waals surface area contributed by atoms with Crippen molar-refractivity contribution in [3.8, 4) is 0 Å². The number of oxazole rings is 1. The van der Waals surface area contributed by atoms with E-state index in [-0.39, 0.29) is 0 Å². The fourth-order valence-electron chi connectivity index (χ4n) is 2.65. The average molecular weight is 265 g/mol. The van der Waals surface area contributed by atoms with Crippen LogP contribution in [-0.2, 0) is 6.54 Å². The van der Waals surface area contributed by atoms with Gasteiger partial charge >= 0.3 is 0 Å². The van der Waals surface area contributed by atoms with E-state index in [1.807, 2.05) is 13.8 Å². The van der Waals surface area contributed by atoms with Crippen LogP contribution in [0.15, 0.2) is 4.42 Å². The van der Waals surface area contributed by atoms with Crippen molar-refractivity contribution in [2.45, 2.75) is 53.1 Å². The zero-order valence-corrected chi connectivity index (χ0v) is 12.7. The summed E-state index contributed by atoms with van der Waals surface area (Å²) < 4.78 is 5.72. The quantitative estimate of drug-likeness (QED) is 0.888. The largest absolute Gasteiger partial charge is 0.444 e. The van der Waals surface area contributed by atoms with E-state index in [0.29, 0.717) is 6.04 Å². The number of nitrogens with zero attached hydrogens (tertiary/aromatic N) is 2. The number of hydrogen-bond donors (Lipinski definition) is 1. The minimum absolute atomic E-state index is 0.523. The molecule has 4 nitrogen and oxygen atoms in total. The predicted octanol–water partition coefficient (Wildman–Crippen LogP) is 2.50. The summed E-state index contributed by atoms with van der Waals surface area (Å²) in [5, 5.41) is 3.49. The van der Waals surface area contributed by atoms with Crippen molar-refractivity contribution in [3.05, 3.63) is 17.3 Å². The van der Waals surface area contributed by atoms with Gasteiger partial charge in [0.1, 0.15) is 5.76 Å². The molecule has 0 saturated carbocycles. The van der Waals surface area contributed by atoms with Crippen LogP contribution >= 0.6 is 0 Å². The van der Waals surface area contributed by atoms with Crippen LogP contribution in [-0.4, -0.2) is 35.6 Å². The number of nitrogens with one attached hydrogen (secondary N) is 1. The molecule has 1 aromatic heterocycles. The van der Waals surface area contributed by atoms with Crippen molar-refractivity contribution in [1.82, 2.24) is 15.2 Å². The maximum Gasteiger partial charge on any atom is 0.208 e. The fraction of sp³-hybridized carbons (Fsp3) is 0.800. The molecule has 1 fully saturated rings. The molecule has 2 rings (SSSR count). The Bertz CT molecular complexity index is 375. The Morgan fingerprint density at radius 2 is 2.21 bits per heavy atom. The summed E-state index contributed by atoms with van der Waals surface area (Å²) in [6.07, 6.45) is 2.63.